The Kier molecular flexibility index (Phi) is 7.34. The zero-order chi connectivity index (χ0) is 26.8. The van der Waals surface area contributed by atoms with E-state index in [4.69, 9.17) is 9.27 Å². The minimum atomic E-state index is -2.51. The smallest absolute Gasteiger partial charge is 0.168 e. The van der Waals surface area contributed by atoms with Crippen LogP contribution in [0.2, 0.25) is 0 Å². The molecular weight excluding hydrogens is 563 g/mol. The van der Waals surface area contributed by atoms with Gasteiger partial charge in [0.25, 0.3) is 0 Å². The number of aryl methyl sites for hydroxylation is 1. The van der Waals surface area contributed by atoms with E-state index in [1.165, 1.54) is 32.5 Å². The fourth-order valence-electron chi connectivity index (χ4n) is 5.47. The van der Waals surface area contributed by atoms with Crippen LogP contribution in [0.3, 0.4) is 0 Å². The lowest BCUT2D eigenvalue weighted by Crippen LogP contribution is -2.13. The Morgan fingerprint density at radius 2 is 1.46 bits per heavy atom. The molecule has 5 heteroatoms. The zero-order valence-electron chi connectivity index (χ0n) is 22.3. The molecule has 0 unspecified atom stereocenters. The van der Waals surface area contributed by atoms with Crippen molar-refractivity contribution in [3.05, 3.63) is 114 Å². The molecule has 0 radical (unpaired) electrons. The van der Waals surface area contributed by atoms with E-state index >= 15 is 0 Å². The second kappa shape index (κ2) is 11.0. The van der Waals surface area contributed by atoms with Gasteiger partial charge in [0.15, 0.2) is 7.28 Å². The Labute approximate surface area is 238 Å². The van der Waals surface area contributed by atoms with E-state index in [9.17, 15) is 0 Å². The van der Waals surface area contributed by atoms with E-state index in [1.54, 1.807) is 0 Å². The maximum atomic E-state index is 7.11. The summed E-state index contributed by atoms with van der Waals surface area (Å²) in [5.41, 5.74) is 3.51. The number of benzene rings is 5. The number of rotatable bonds is 8. The predicted molar refractivity (Wildman–Crippen MR) is 172 cm³/mol. The summed E-state index contributed by atoms with van der Waals surface area (Å²) in [7, 11) is -2.51. The quantitative estimate of drug-likeness (QED) is 0.161. The molecule has 0 amide bonds. The molecule has 0 aliphatic heterocycles. The Balaban J connectivity index is 1.66. The average Bonchev–Trinajstić information content (AvgIpc) is 3.30. The topological polar surface area (TPSA) is 26.5 Å². The molecule has 0 N–H and O–H groups in total. The fraction of sp³-hybridized carbons (Fsp3) is 0.176. The van der Waals surface area contributed by atoms with Crippen molar-refractivity contribution in [3.63, 3.8) is 0 Å². The van der Waals surface area contributed by atoms with Crippen molar-refractivity contribution >= 4 is 66.8 Å². The van der Waals surface area contributed by atoms with Gasteiger partial charge in [0.2, 0.25) is 0 Å². The van der Waals surface area contributed by atoms with Crippen LogP contribution in [0.15, 0.2) is 118 Å². The van der Waals surface area contributed by atoms with Crippen molar-refractivity contribution in [1.29, 1.82) is 0 Å². The number of hydrogen-bond donors (Lipinski definition) is 0. The third-order valence-corrected chi connectivity index (χ3v) is 11.0. The van der Waals surface area contributed by atoms with Crippen LogP contribution in [-0.2, 0) is 6.54 Å². The van der Waals surface area contributed by atoms with Gasteiger partial charge in [-0.15, -0.1) is 0 Å². The molecule has 1 atom stereocenters. The van der Waals surface area contributed by atoms with E-state index in [1.807, 2.05) is 24.3 Å². The first-order chi connectivity index (χ1) is 19.1. The second-order valence-electron chi connectivity index (χ2n) is 9.89. The molecule has 0 saturated heterocycles. The van der Waals surface area contributed by atoms with Gasteiger partial charge in [-0.3, -0.25) is 0 Å². The summed E-state index contributed by atoms with van der Waals surface area (Å²) in [5, 5.41) is 6.07. The molecule has 0 spiro atoms. The molecule has 6 aromatic rings. The highest BCUT2D eigenvalue weighted by Crippen LogP contribution is 2.54. The van der Waals surface area contributed by atoms with Gasteiger partial charge in [-0.2, -0.15) is 0 Å². The van der Waals surface area contributed by atoms with Gasteiger partial charge in [0.1, 0.15) is 5.75 Å². The van der Waals surface area contributed by atoms with Crippen molar-refractivity contribution in [2.24, 2.45) is 4.74 Å². The number of para-hydroxylation sites is 1. The average molecular weight is 596 g/mol. The summed E-state index contributed by atoms with van der Waals surface area (Å²) in [5.74, 6) is 0.850. The van der Waals surface area contributed by atoms with E-state index in [0.29, 0.717) is 0 Å². The molecule has 0 aliphatic rings. The minimum Gasteiger partial charge on any atom is -0.456 e. The highest BCUT2D eigenvalue weighted by atomic mass is 79.9. The molecule has 3 nitrogen and oxygen atoms in total. The monoisotopic (exact) mass is 594 g/mol. The minimum absolute atomic E-state index is 0.850. The van der Waals surface area contributed by atoms with Crippen LogP contribution in [0.1, 0.15) is 26.7 Å². The van der Waals surface area contributed by atoms with Crippen LogP contribution in [0.4, 0.5) is 5.69 Å². The summed E-state index contributed by atoms with van der Waals surface area (Å²) >= 11 is 3.58. The lowest BCUT2D eigenvalue weighted by Gasteiger charge is -2.27. The van der Waals surface area contributed by atoms with Gasteiger partial charge >= 0.3 is 0 Å². The molecule has 0 bridgehead atoms. The lowest BCUT2D eigenvalue weighted by molar-refractivity contribution is 0.607. The van der Waals surface area contributed by atoms with Crippen molar-refractivity contribution in [2.75, 3.05) is 6.16 Å². The number of fused-ring (bicyclic) bond motifs is 4. The zero-order valence-corrected chi connectivity index (χ0v) is 24.8. The van der Waals surface area contributed by atoms with Gasteiger partial charge < -0.3 is 9.09 Å². The summed E-state index contributed by atoms with van der Waals surface area (Å²) in [6, 6.07) is 38.7. The Morgan fingerprint density at radius 3 is 2.26 bits per heavy atom. The molecular formula is C34H32BrN2OP. The SMILES string of the molecule is CCCC[P@](=Nc1cccc2ccccc12)(Oc1ccc(Br)cc1)c1ccc2c(c1)c1ccccc1n2CC. The first kappa shape index (κ1) is 25.9. The number of hydrogen-bond acceptors (Lipinski definition) is 2. The van der Waals surface area contributed by atoms with Crippen LogP contribution < -0.4 is 9.83 Å². The van der Waals surface area contributed by atoms with Crippen LogP contribution in [0, 0.1) is 0 Å². The van der Waals surface area contributed by atoms with Crippen LogP contribution in [0.5, 0.6) is 5.75 Å². The van der Waals surface area contributed by atoms with Gasteiger partial charge in [0.05, 0.1) is 5.69 Å². The van der Waals surface area contributed by atoms with E-state index in [0.717, 1.165) is 46.8 Å². The fourth-order valence-corrected chi connectivity index (χ4v) is 8.82. The number of aromatic nitrogens is 1. The molecule has 1 aromatic heterocycles. The van der Waals surface area contributed by atoms with E-state index in [2.05, 4.69) is 119 Å². The predicted octanol–water partition coefficient (Wildman–Crippen LogP) is 10.7. The van der Waals surface area contributed by atoms with Gasteiger partial charge in [0, 0.05) is 49.7 Å². The molecule has 0 aliphatic carbocycles. The first-order valence-electron chi connectivity index (χ1n) is 13.7. The maximum Gasteiger partial charge on any atom is 0.168 e. The summed E-state index contributed by atoms with van der Waals surface area (Å²) in [6.45, 7) is 5.38. The molecule has 39 heavy (non-hydrogen) atoms. The number of halogens is 1. The van der Waals surface area contributed by atoms with Crippen LogP contribution in [0.25, 0.3) is 32.6 Å². The first-order valence-corrected chi connectivity index (χ1v) is 16.3. The van der Waals surface area contributed by atoms with Crippen molar-refractivity contribution in [1.82, 2.24) is 4.57 Å². The van der Waals surface area contributed by atoms with Gasteiger partial charge in [-0.05, 0) is 73.3 Å². The Morgan fingerprint density at radius 1 is 0.744 bits per heavy atom. The Hall–Kier alpha value is -3.33. The number of nitrogens with zero attached hydrogens (tertiary/aromatic N) is 2. The maximum absolute atomic E-state index is 7.11. The standard InChI is InChI=1S/C34H32BrN2OP/c1-3-5-23-39(38-27-19-17-26(35)18-20-27,36-32-15-10-12-25-11-6-7-13-29(25)32)28-21-22-34-31(24-28)30-14-8-9-16-33(30)37(34)4-2/h6-22,24H,3-5,23H2,1-2H3/t39-/m0/s1. The van der Waals surface area contributed by atoms with E-state index in [-0.39, 0.29) is 0 Å². The second-order valence-corrected chi connectivity index (χ2v) is 13.6. The molecule has 6 rings (SSSR count). The van der Waals surface area contributed by atoms with Gasteiger partial charge in [-0.1, -0.05) is 83.9 Å². The van der Waals surface area contributed by atoms with Crippen molar-refractivity contribution in [2.45, 2.75) is 33.2 Å². The summed E-state index contributed by atoms with van der Waals surface area (Å²) in [6.07, 6.45) is 2.99. The Bertz CT molecular complexity index is 1830. The molecule has 5 aromatic carbocycles. The largest absolute Gasteiger partial charge is 0.456 e. The molecule has 0 saturated carbocycles. The van der Waals surface area contributed by atoms with Gasteiger partial charge in [-0.25, -0.2) is 4.74 Å². The summed E-state index contributed by atoms with van der Waals surface area (Å²) < 4.78 is 16.2. The van der Waals surface area contributed by atoms with Crippen molar-refractivity contribution < 1.29 is 4.52 Å². The summed E-state index contributed by atoms with van der Waals surface area (Å²) in [4.78, 5) is 0. The third kappa shape index (κ3) is 4.93. The van der Waals surface area contributed by atoms with E-state index < -0.39 is 7.28 Å². The van der Waals surface area contributed by atoms with Crippen molar-refractivity contribution in [3.8, 4) is 5.75 Å². The molecule has 0 fully saturated rings. The van der Waals surface area contributed by atoms with Crippen LogP contribution in [-0.4, -0.2) is 10.7 Å². The highest BCUT2D eigenvalue weighted by molar-refractivity contribution is 9.10. The van der Waals surface area contributed by atoms with Crippen LogP contribution >= 0.6 is 23.2 Å². The molecule has 1 heterocycles. The highest BCUT2D eigenvalue weighted by Gasteiger charge is 2.27. The lowest BCUT2D eigenvalue weighted by atomic mass is 10.1. The molecule has 196 valence electrons. The normalized spacial score (nSPS) is 13.1. The number of unbranched alkanes of at least 4 members (excludes halogenated alkanes) is 1. The third-order valence-electron chi connectivity index (χ3n) is 7.40.